The van der Waals surface area contributed by atoms with E-state index in [0.717, 1.165) is 18.5 Å². The van der Waals surface area contributed by atoms with Crippen molar-refractivity contribution >= 4 is 23.1 Å². The number of nitrogens with zero attached hydrogens (tertiary/aromatic N) is 1. The van der Waals surface area contributed by atoms with Crippen molar-refractivity contribution in [2.45, 2.75) is 13.0 Å². The first kappa shape index (κ1) is 13.9. The van der Waals surface area contributed by atoms with Gasteiger partial charge in [-0.2, -0.15) is 0 Å². The van der Waals surface area contributed by atoms with Crippen molar-refractivity contribution in [3.8, 4) is 0 Å². The minimum Gasteiger partial charge on any atom is -0.389 e. The van der Waals surface area contributed by atoms with Crippen LogP contribution in [0, 0.1) is 5.82 Å². The van der Waals surface area contributed by atoms with Crippen molar-refractivity contribution in [1.29, 1.82) is 0 Å². The van der Waals surface area contributed by atoms with Crippen molar-refractivity contribution < 1.29 is 9.18 Å². The molecule has 0 aromatic heterocycles. The quantitative estimate of drug-likeness (QED) is 0.804. The molecule has 102 valence electrons. The third-order valence-corrected chi connectivity index (χ3v) is 3.22. The Morgan fingerprint density at radius 1 is 1.47 bits per heavy atom. The summed E-state index contributed by atoms with van der Waals surface area (Å²) in [5, 5.41) is 2.81. The number of halogens is 1. The van der Waals surface area contributed by atoms with Gasteiger partial charge < -0.3 is 11.1 Å². The van der Waals surface area contributed by atoms with Crippen LogP contribution in [-0.2, 0) is 11.3 Å². The number of carbonyl (C=O) groups is 1. The van der Waals surface area contributed by atoms with Gasteiger partial charge in [0.15, 0.2) is 0 Å². The molecule has 1 amide bonds. The van der Waals surface area contributed by atoms with Gasteiger partial charge in [0.05, 0.1) is 6.54 Å². The molecule has 1 saturated heterocycles. The minimum atomic E-state index is -0.362. The summed E-state index contributed by atoms with van der Waals surface area (Å²) in [5.41, 5.74) is 6.81. The molecule has 0 radical (unpaired) electrons. The van der Waals surface area contributed by atoms with Crippen LogP contribution in [0.15, 0.2) is 18.2 Å². The van der Waals surface area contributed by atoms with Gasteiger partial charge in [0.2, 0.25) is 5.91 Å². The van der Waals surface area contributed by atoms with Gasteiger partial charge in [-0.05, 0) is 30.2 Å². The van der Waals surface area contributed by atoms with E-state index in [9.17, 15) is 9.18 Å². The van der Waals surface area contributed by atoms with Crippen LogP contribution in [0.1, 0.15) is 17.5 Å². The van der Waals surface area contributed by atoms with Gasteiger partial charge >= 0.3 is 0 Å². The summed E-state index contributed by atoms with van der Waals surface area (Å²) in [6.07, 6.45) is 0.892. The standard InChI is InChI=1S/C13H16FN3OS/c14-11-5-9(4-10(6-11)13(15)19)7-17-3-1-2-16-12(18)8-17/h4-6H,1-3,7-8H2,(H2,15,19)(H,16,18). The maximum atomic E-state index is 13.5. The zero-order valence-electron chi connectivity index (χ0n) is 10.5. The average molecular weight is 281 g/mol. The molecule has 0 unspecified atom stereocenters. The summed E-state index contributed by atoms with van der Waals surface area (Å²) in [5.74, 6) is -0.358. The number of nitrogens with one attached hydrogen (secondary N) is 1. The Bertz CT molecular complexity index is 507. The molecule has 1 heterocycles. The highest BCUT2D eigenvalue weighted by Gasteiger charge is 2.15. The van der Waals surface area contributed by atoms with Crippen LogP contribution in [0.3, 0.4) is 0 Å². The Morgan fingerprint density at radius 2 is 2.26 bits per heavy atom. The van der Waals surface area contributed by atoms with Crippen LogP contribution in [0.5, 0.6) is 0 Å². The number of hydrogen-bond donors (Lipinski definition) is 2. The van der Waals surface area contributed by atoms with E-state index in [1.807, 2.05) is 4.90 Å². The van der Waals surface area contributed by atoms with Gasteiger partial charge in [0.25, 0.3) is 0 Å². The average Bonchev–Trinajstić information content (AvgIpc) is 2.52. The fraction of sp³-hybridized carbons (Fsp3) is 0.385. The summed E-state index contributed by atoms with van der Waals surface area (Å²) in [7, 11) is 0. The van der Waals surface area contributed by atoms with Gasteiger partial charge in [-0.25, -0.2) is 4.39 Å². The monoisotopic (exact) mass is 281 g/mol. The molecule has 1 fully saturated rings. The number of benzene rings is 1. The molecule has 3 N–H and O–H groups in total. The number of carbonyl (C=O) groups excluding carboxylic acids is 1. The normalized spacial score (nSPS) is 16.8. The zero-order valence-corrected chi connectivity index (χ0v) is 11.3. The number of hydrogen-bond acceptors (Lipinski definition) is 3. The summed E-state index contributed by atoms with van der Waals surface area (Å²) in [4.78, 5) is 13.6. The Labute approximate surface area is 116 Å². The van der Waals surface area contributed by atoms with Crippen molar-refractivity contribution in [3.63, 3.8) is 0 Å². The number of nitrogens with two attached hydrogens (primary N) is 1. The Kier molecular flexibility index (Phi) is 4.44. The van der Waals surface area contributed by atoms with Crippen molar-refractivity contribution in [2.75, 3.05) is 19.6 Å². The van der Waals surface area contributed by atoms with E-state index in [1.165, 1.54) is 12.1 Å². The first-order valence-electron chi connectivity index (χ1n) is 6.13. The van der Waals surface area contributed by atoms with Crippen LogP contribution in [-0.4, -0.2) is 35.4 Å². The second-order valence-electron chi connectivity index (χ2n) is 4.63. The Balaban J connectivity index is 2.13. The van der Waals surface area contributed by atoms with Gasteiger partial charge in [-0.15, -0.1) is 0 Å². The summed E-state index contributed by atoms with van der Waals surface area (Å²) < 4.78 is 13.5. The van der Waals surface area contributed by atoms with E-state index in [4.69, 9.17) is 18.0 Å². The maximum Gasteiger partial charge on any atom is 0.234 e. The fourth-order valence-electron chi connectivity index (χ4n) is 2.15. The third kappa shape index (κ3) is 3.97. The number of amides is 1. The highest BCUT2D eigenvalue weighted by molar-refractivity contribution is 7.80. The Hall–Kier alpha value is -1.53. The van der Waals surface area contributed by atoms with E-state index in [2.05, 4.69) is 5.32 Å². The molecule has 1 aliphatic rings. The van der Waals surface area contributed by atoms with Crippen LogP contribution in [0.25, 0.3) is 0 Å². The SMILES string of the molecule is NC(=S)c1cc(F)cc(CN2CCCNC(=O)C2)c1. The Morgan fingerprint density at radius 3 is 3.00 bits per heavy atom. The maximum absolute atomic E-state index is 13.5. The highest BCUT2D eigenvalue weighted by Crippen LogP contribution is 2.12. The molecule has 2 rings (SSSR count). The van der Waals surface area contributed by atoms with Crippen molar-refractivity contribution in [2.24, 2.45) is 5.73 Å². The second-order valence-corrected chi connectivity index (χ2v) is 5.07. The molecule has 0 atom stereocenters. The fourth-order valence-corrected chi connectivity index (χ4v) is 2.26. The van der Waals surface area contributed by atoms with Gasteiger partial charge in [-0.1, -0.05) is 12.2 Å². The third-order valence-electron chi connectivity index (χ3n) is 2.99. The molecule has 6 heteroatoms. The van der Waals surface area contributed by atoms with Crippen LogP contribution in [0.4, 0.5) is 4.39 Å². The lowest BCUT2D eigenvalue weighted by molar-refractivity contribution is -0.121. The molecule has 1 aliphatic heterocycles. The highest BCUT2D eigenvalue weighted by atomic mass is 32.1. The number of thiocarbonyl (C=S) groups is 1. The summed E-state index contributed by atoms with van der Waals surface area (Å²) >= 11 is 4.86. The first-order chi connectivity index (χ1) is 9.04. The topological polar surface area (TPSA) is 58.4 Å². The zero-order chi connectivity index (χ0) is 13.8. The van der Waals surface area contributed by atoms with Crippen molar-refractivity contribution in [3.05, 3.63) is 35.1 Å². The predicted molar refractivity (Wildman–Crippen MR) is 75.2 cm³/mol. The molecular weight excluding hydrogens is 265 g/mol. The molecule has 0 aliphatic carbocycles. The molecule has 0 spiro atoms. The molecule has 0 bridgehead atoms. The van der Waals surface area contributed by atoms with E-state index >= 15 is 0 Å². The lowest BCUT2D eigenvalue weighted by atomic mass is 10.1. The first-order valence-corrected chi connectivity index (χ1v) is 6.54. The van der Waals surface area contributed by atoms with Gasteiger partial charge in [0.1, 0.15) is 10.8 Å². The van der Waals surface area contributed by atoms with E-state index in [1.54, 1.807) is 6.07 Å². The van der Waals surface area contributed by atoms with Gasteiger partial charge in [0, 0.05) is 25.2 Å². The largest absolute Gasteiger partial charge is 0.389 e. The summed E-state index contributed by atoms with van der Waals surface area (Å²) in [6.45, 7) is 2.34. The molecule has 0 saturated carbocycles. The van der Waals surface area contributed by atoms with Crippen LogP contribution < -0.4 is 11.1 Å². The van der Waals surface area contributed by atoms with E-state index < -0.39 is 0 Å². The second kappa shape index (κ2) is 6.08. The van der Waals surface area contributed by atoms with Crippen LogP contribution >= 0.6 is 12.2 Å². The molecule has 4 nitrogen and oxygen atoms in total. The van der Waals surface area contributed by atoms with Crippen LogP contribution in [0.2, 0.25) is 0 Å². The number of rotatable bonds is 3. The van der Waals surface area contributed by atoms with Crippen molar-refractivity contribution in [1.82, 2.24) is 10.2 Å². The smallest absolute Gasteiger partial charge is 0.234 e. The molecule has 19 heavy (non-hydrogen) atoms. The molecule has 1 aromatic rings. The minimum absolute atomic E-state index is 0.00322. The lowest BCUT2D eigenvalue weighted by Gasteiger charge is -2.18. The van der Waals surface area contributed by atoms with Gasteiger partial charge in [-0.3, -0.25) is 9.69 Å². The molecule has 1 aromatic carbocycles. The van der Waals surface area contributed by atoms with E-state index in [-0.39, 0.29) is 16.7 Å². The lowest BCUT2D eigenvalue weighted by Crippen LogP contribution is -2.32. The molecular formula is C13H16FN3OS. The predicted octanol–water partition coefficient (Wildman–Crippen LogP) is 0.782. The summed E-state index contributed by atoms with van der Waals surface area (Å²) in [6, 6.07) is 4.54. The van der Waals surface area contributed by atoms with E-state index in [0.29, 0.717) is 25.2 Å².